The molecule has 0 aliphatic heterocycles. The van der Waals surface area contributed by atoms with Gasteiger partial charge < -0.3 is 30.0 Å². The second-order valence-electron chi connectivity index (χ2n) is 7.04. The van der Waals surface area contributed by atoms with Crippen molar-refractivity contribution in [2.75, 3.05) is 0 Å². The summed E-state index contributed by atoms with van der Waals surface area (Å²) in [5.74, 6) is -1.85. The van der Waals surface area contributed by atoms with E-state index in [1.807, 2.05) is 47.2 Å². The molecule has 1 aliphatic rings. The van der Waals surface area contributed by atoms with Crippen LogP contribution in [-0.4, -0.2) is 39.1 Å². The smallest absolute Gasteiger partial charge is 0.137 e. The van der Waals surface area contributed by atoms with Gasteiger partial charge >= 0.3 is 0 Å². The molecule has 0 bridgehead atoms. The molecule has 152 valence electrons. The van der Waals surface area contributed by atoms with Crippen molar-refractivity contribution in [1.29, 1.82) is 0 Å². The Bertz CT molecular complexity index is 1050. The Morgan fingerprint density at radius 1 is 1.21 bits per heavy atom. The first-order valence-corrected chi connectivity index (χ1v) is 10.8. The van der Waals surface area contributed by atoms with Crippen LogP contribution in [0.2, 0.25) is 0 Å². The van der Waals surface area contributed by atoms with Crippen LogP contribution < -0.4 is 5.11 Å². The lowest BCUT2D eigenvalue weighted by atomic mass is 9.76. The molecule has 0 saturated heterocycles. The largest absolute Gasteiger partial charge is 0.547 e. The van der Waals surface area contributed by atoms with E-state index >= 15 is 0 Å². The minimum absolute atomic E-state index is 0.00133. The van der Waals surface area contributed by atoms with E-state index in [9.17, 15) is 25.2 Å². The third kappa shape index (κ3) is 3.82. The van der Waals surface area contributed by atoms with Gasteiger partial charge in [0.1, 0.15) is 24.1 Å². The number of hydrogen-bond donors (Lipinski definition) is 3. The molecule has 0 amide bonds. The lowest BCUT2D eigenvalue weighted by Gasteiger charge is -2.41. The van der Waals surface area contributed by atoms with Crippen molar-refractivity contribution in [2.45, 2.75) is 37.3 Å². The van der Waals surface area contributed by atoms with Crippen molar-refractivity contribution in [1.82, 2.24) is 0 Å². The number of ether oxygens (including phenoxy) is 1. The summed E-state index contributed by atoms with van der Waals surface area (Å²) in [6.07, 6.45) is -3.45. The lowest BCUT2D eigenvalue weighted by Crippen LogP contribution is -2.57. The second-order valence-corrected chi connectivity index (χ2v) is 9.02. The van der Waals surface area contributed by atoms with Gasteiger partial charge in [0.2, 0.25) is 0 Å². The zero-order valence-corrected chi connectivity index (χ0v) is 16.9. The average Bonchev–Trinajstić information content (AvgIpc) is 3.37. The highest BCUT2D eigenvalue weighted by Crippen LogP contribution is 2.38. The summed E-state index contributed by atoms with van der Waals surface area (Å²) in [6.45, 7) is 0.0903. The molecule has 0 spiro atoms. The van der Waals surface area contributed by atoms with Gasteiger partial charge in [0.05, 0.1) is 12.1 Å². The normalized spacial score (nSPS) is 24.8. The Balaban J connectivity index is 1.76. The average molecular weight is 432 g/mol. The Morgan fingerprint density at radius 2 is 2.03 bits per heavy atom. The Labute approximate surface area is 174 Å². The number of hydrogen-bond acceptors (Lipinski definition) is 8. The third-order valence-electron chi connectivity index (χ3n) is 5.12. The first-order valence-electron chi connectivity index (χ1n) is 9.03. The molecule has 1 aromatic carbocycles. The summed E-state index contributed by atoms with van der Waals surface area (Å²) in [5.41, 5.74) is -1.68. The maximum atomic E-state index is 11.8. The van der Waals surface area contributed by atoms with Crippen LogP contribution in [0.5, 0.6) is 0 Å². The fourth-order valence-electron chi connectivity index (χ4n) is 3.58. The summed E-state index contributed by atoms with van der Waals surface area (Å²) in [4.78, 5) is 12.7. The molecule has 0 fully saturated rings. The van der Waals surface area contributed by atoms with Crippen LogP contribution in [0.3, 0.4) is 0 Å². The van der Waals surface area contributed by atoms with Crippen molar-refractivity contribution in [3.8, 4) is 0 Å². The number of benzene rings is 1. The van der Waals surface area contributed by atoms with Crippen LogP contribution >= 0.6 is 22.7 Å². The van der Waals surface area contributed by atoms with Gasteiger partial charge in [-0.3, -0.25) is 0 Å². The minimum Gasteiger partial charge on any atom is -0.547 e. The SMILES string of the molecule is O=C([O-])[C@@]1(O)C[C@@H](O)[C@H](O)C(OCc2cccs2)=C1Cc1ccc2sccc2c1. The zero-order valence-electron chi connectivity index (χ0n) is 15.3. The van der Waals surface area contributed by atoms with Crippen molar-refractivity contribution in [2.24, 2.45) is 0 Å². The molecule has 2 aromatic heterocycles. The van der Waals surface area contributed by atoms with Gasteiger partial charge in [-0.05, 0) is 46.0 Å². The van der Waals surface area contributed by atoms with Gasteiger partial charge in [0, 0.05) is 28.0 Å². The first kappa shape index (κ1) is 20.1. The first-order chi connectivity index (χ1) is 13.9. The number of carbonyl (C=O) groups excluding carboxylic acids is 1. The number of rotatable bonds is 6. The number of carbonyl (C=O) groups is 1. The van der Waals surface area contributed by atoms with Crippen LogP contribution in [-0.2, 0) is 22.6 Å². The molecule has 29 heavy (non-hydrogen) atoms. The predicted octanol–water partition coefficient (Wildman–Crippen LogP) is 1.58. The Kier molecular flexibility index (Phi) is 5.46. The molecule has 3 atom stereocenters. The molecular formula is C21H19O6S2-. The summed E-state index contributed by atoms with van der Waals surface area (Å²) >= 11 is 3.04. The second kappa shape index (κ2) is 7.89. The molecule has 2 heterocycles. The summed E-state index contributed by atoms with van der Waals surface area (Å²) in [6, 6.07) is 11.3. The molecule has 3 aromatic rings. The van der Waals surface area contributed by atoms with Crippen molar-refractivity contribution in [3.63, 3.8) is 0 Å². The van der Waals surface area contributed by atoms with Gasteiger partial charge in [-0.25, -0.2) is 0 Å². The number of aliphatic hydroxyl groups excluding tert-OH is 2. The van der Waals surface area contributed by atoms with E-state index in [0.717, 1.165) is 20.5 Å². The van der Waals surface area contributed by atoms with Gasteiger partial charge in [-0.15, -0.1) is 22.7 Å². The van der Waals surface area contributed by atoms with E-state index in [1.165, 1.54) is 11.3 Å². The van der Waals surface area contributed by atoms with Crippen molar-refractivity contribution < 1.29 is 30.0 Å². The molecule has 0 saturated carbocycles. The number of aliphatic carboxylic acids is 1. The number of carboxylic acid groups (broad SMARTS) is 1. The number of aliphatic hydroxyl groups is 3. The highest BCUT2D eigenvalue weighted by molar-refractivity contribution is 7.17. The van der Waals surface area contributed by atoms with Gasteiger partial charge in [-0.2, -0.15) is 0 Å². The molecule has 6 nitrogen and oxygen atoms in total. The number of carboxylic acids is 1. The standard InChI is InChI=1S/C21H20O6S2/c22-16-10-21(26,20(24)25)15(9-12-3-4-17-13(8-12)5-7-29-17)19(18(16)23)27-11-14-2-1-6-28-14/h1-8,16,18,22-23,26H,9-11H2,(H,24,25)/p-1/t16-,18+,21-/m1/s1. The van der Waals surface area contributed by atoms with Crippen molar-refractivity contribution in [3.05, 3.63) is 68.9 Å². The lowest BCUT2D eigenvalue weighted by molar-refractivity contribution is -0.324. The highest BCUT2D eigenvalue weighted by atomic mass is 32.1. The van der Waals surface area contributed by atoms with E-state index in [0.29, 0.717) is 0 Å². The maximum absolute atomic E-state index is 11.8. The fraction of sp³-hybridized carbons (Fsp3) is 0.286. The van der Waals surface area contributed by atoms with Crippen LogP contribution in [0, 0.1) is 0 Å². The van der Waals surface area contributed by atoms with E-state index in [1.54, 1.807) is 11.3 Å². The Morgan fingerprint density at radius 3 is 2.76 bits per heavy atom. The molecule has 0 radical (unpaired) electrons. The summed E-state index contributed by atoms with van der Waals surface area (Å²) < 4.78 is 6.83. The topological polar surface area (TPSA) is 110 Å². The molecule has 3 N–H and O–H groups in total. The third-order valence-corrected chi connectivity index (χ3v) is 6.87. The summed E-state index contributed by atoms with van der Waals surface area (Å²) in [5, 5.41) is 48.3. The van der Waals surface area contributed by atoms with E-state index in [4.69, 9.17) is 4.74 Å². The predicted molar refractivity (Wildman–Crippen MR) is 108 cm³/mol. The van der Waals surface area contributed by atoms with Gasteiger partial charge in [-0.1, -0.05) is 12.1 Å². The van der Waals surface area contributed by atoms with Crippen LogP contribution in [0.1, 0.15) is 16.9 Å². The Hall–Kier alpha value is -2.23. The summed E-state index contributed by atoms with van der Waals surface area (Å²) in [7, 11) is 0. The highest BCUT2D eigenvalue weighted by Gasteiger charge is 2.46. The van der Waals surface area contributed by atoms with E-state index in [2.05, 4.69) is 0 Å². The molecule has 0 unspecified atom stereocenters. The fourth-order valence-corrected chi connectivity index (χ4v) is 4.97. The minimum atomic E-state index is -2.44. The van der Waals surface area contributed by atoms with E-state index in [-0.39, 0.29) is 24.4 Å². The molecule has 4 rings (SSSR count). The van der Waals surface area contributed by atoms with E-state index < -0.39 is 30.2 Å². The maximum Gasteiger partial charge on any atom is 0.137 e. The molecular weight excluding hydrogens is 412 g/mol. The number of fused-ring (bicyclic) bond motifs is 1. The van der Waals surface area contributed by atoms with Crippen molar-refractivity contribution >= 4 is 38.7 Å². The number of thiophene rings is 2. The zero-order chi connectivity index (χ0) is 20.6. The van der Waals surface area contributed by atoms with Crippen LogP contribution in [0.25, 0.3) is 10.1 Å². The van der Waals surface area contributed by atoms with Crippen LogP contribution in [0.4, 0.5) is 0 Å². The monoisotopic (exact) mass is 431 g/mol. The quantitative estimate of drug-likeness (QED) is 0.547. The van der Waals surface area contributed by atoms with Gasteiger partial charge in [0.25, 0.3) is 0 Å². The van der Waals surface area contributed by atoms with Crippen LogP contribution in [0.15, 0.2) is 58.5 Å². The van der Waals surface area contributed by atoms with Gasteiger partial charge in [0.15, 0.2) is 0 Å². The molecule has 8 heteroatoms. The molecule has 1 aliphatic carbocycles.